The Bertz CT molecular complexity index is 3420. The average Bonchev–Trinajstić information content (AvgIpc) is 4.30. The summed E-state index contributed by atoms with van der Waals surface area (Å²) in [5, 5.41) is 0. The average molecular weight is 915 g/mol. The van der Waals surface area contributed by atoms with Gasteiger partial charge in [-0.3, -0.25) is 0 Å². The predicted molar refractivity (Wildman–Crippen MR) is 292 cm³/mol. The topological polar surface area (TPSA) is 6.48 Å². The molecule has 3 saturated carbocycles. The molecule has 0 aromatic heterocycles. The zero-order valence-electron chi connectivity index (χ0n) is 40.3. The van der Waals surface area contributed by atoms with Gasteiger partial charge in [0.05, 0.1) is 16.8 Å². The molecule has 3 fully saturated rings. The van der Waals surface area contributed by atoms with Crippen molar-refractivity contribution >= 4 is 34.1 Å². The van der Waals surface area contributed by atoms with Crippen molar-refractivity contribution < 1.29 is 0 Å². The van der Waals surface area contributed by atoms with Gasteiger partial charge in [0.15, 0.2) is 0 Å². The zero-order chi connectivity index (χ0) is 46.7. The fraction of sp³-hybridized carbons (Fsp3) is 0.217. The number of fused-ring (bicyclic) bond motifs is 7. The highest BCUT2D eigenvalue weighted by Gasteiger charge is 2.62. The molecule has 0 radical (unpaired) electrons. The molecular formula is C69H58N2. The van der Waals surface area contributed by atoms with Crippen LogP contribution in [0, 0.1) is 23.7 Å². The van der Waals surface area contributed by atoms with Crippen molar-refractivity contribution in [3.63, 3.8) is 0 Å². The summed E-state index contributed by atoms with van der Waals surface area (Å²) in [6.45, 7) is 0. The highest BCUT2D eigenvalue weighted by Crippen LogP contribution is 2.69. The lowest BCUT2D eigenvalue weighted by Crippen LogP contribution is -2.34. The molecule has 0 amide bonds. The van der Waals surface area contributed by atoms with Crippen molar-refractivity contribution in [2.24, 2.45) is 23.7 Å². The van der Waals surface area contributed by atoms with Crippen LogP contribution in [-0.2, 0) is 23.7 Å². The van der Waals surface area contributed by atoms with Gasteiger partial charge in [-0.25, -0.2) is 0 Å². The minimum absolute atomic E-state index is 0.147. The second-order valence-corrected chi connectivity index (χ2v) is 21.8. The Hall–Kier alpha value is -7.42. The molecule has 6 aliphatic rings. The number of para-hydroxylation sites is 2. The lowest BCUT2D eigenvalue weighted by molar-refractivity contribution is 0.350. The number of anilines is 6. The van der Waals surface area contributed by atoms with Crippen LogP contribution in [0.1, 0.15) is 94.5 Å². The van der Waals surface area contributed by atoms with Crippen molar-refractivity contribution in [2.45, 2.75) is 68.1 Å². The van der Waals surface area contributed by atoms with Crippen molar-refractivity contribution in [1.82, 2.24) is 0 Å². The Labute approximate surface area is 419 Å². The molecule has 6 unspecified atom stereocenters. The van der Waals surface area contributed by atoms with E-state index in [4.69, 9.17) is 0 Å². The SMILES string of the molecule is c1ccc(N(c2ccc(C3CC4CCC3C4)cc2)c2cccc3c2C24c5c(cccc5N(c5ccccc5)c5ccc6c(c5)C(c5ccccc5)(c5ccccc5)c5ccccc5-6)CC2CCC4C3)cc1. The van der Waals surface area contributed by atoms with Gasteiger partial charge in [0.1, 0.15) is 0 Å². The molecule has 1 spiro atoms. The third-order valence-corrected chi connectivity index (χ3v) is 18.7. The Morgan fingerprint density at radius 1 is 0.380 bits per heavy atom. The Morgan fingerprint density at radius 2 is 0.887 bits per heavy atom. The van der Waals surface area contributed by atoms with E-state index in [0.29, 0.717) is 17.8 Å². The number of nitrogens with zero attached hydrogens (tertiary/aromatic N) is 2. The molecular weight excluding hydrogens is 857 g/mol. The molecule has 2 heteroatoms. The summed E-state index contributed by atoms with van der Waals surface area (Å²) in [6.07, 6.45) is 10.3. The highest BCUT2D eigenvalue weighted by molar-refractivity contribution is 5.91. The van der Waals surface area contributed by atoms with Gasteiger partial charge in [-0.05, 0) is 196 Å². The summed E-state index contributed by atoms with van der Waals surface area (Å²) >= 11 is 0. The van der Waals surface area contributed by atoms with Gasteiger partial charge >= 0.3 is 0 Å². The molecule has 6 aliphatic carbocycles. The summed E-state index contributed by atoms with van der Waals surface area (Å²) in [5.41, 5.74) is 22.4. The molecule has 0 N–H and O–H groups in total. The van der Waals surface area contributed by atoms with Crippen molar-refractivity contribution in [3.05, 3.63) is 275 Å². The highest BCUT2D eigenvalue weighted by atomic mass is 15.2. The molecule has 15 rings (SSSR count). The minimum Gasteiger partial charge on any atom is -0.310 e. The van der Waals surface area contributed by atoms with Crippen LogP contribution in [0.25, 0.3) is 11.1 Å². The first-order chi connectivity index (χ1) is 35.2. The van der Waals surface area contributed by atoms with Crippen LogP contribution in [0.5, 0.6) is 0 Å². The molecule has 71 heavy (non-hydrogen) atoms. The molecule has 344 valence electrons. The van der Waals surface area contributed by atoms with E-state index < -0.39 is 5.41 Å². The fourth-order valence-electron chi connectivity index (χ4n) is 16.1. The molecule has 9 aromatic rings. The van der Waals surface area contributed by atoms with E-state index in [0.717, 1.165) is 24.7 Å². The van der Waals surface area contributed by atoms with Crippen LogP contribution < -0.4 is 9.80 Å². The van der Waals surface area contributed by atoms with E-state index in [1.54, 1.807) is 11.1 Å². The van der Waals surface area contributed by atoms with Gasteiger partial charge in [-0.2, -0.15) is 0 Å². The minimum atomic E-state index is -0.499. The number of benzene rings is 9. The summed E-state index contributed by atoms with van der Waals surface area (Å²) < 4.78 is 0. The maximum Gasteiger partial charge on any atom is 0.0714 e. The van der Waals surface area contributed by atoms with Gasteiger partial charge in [0.25, 0.3) is 0 Å². The quantitative estimate of drug-likeness (QED) is 0.142. The second-order valence-electron chi connectivity index (χ2n) is 21.8. The maximum atomic E-state index is 2.64. The standard InChI is InChI=1S/C69H58N2/c1-5-19-51(20-6-1)68(52-21-7-2-8-22-52)62-28-14-13-27-59(62)60-40-39-58(45-63(60)68)71(56-25-11-4-12-26-56)65-30-16-18-50-44-54-36-35-53-43-49-17-15-29-64(66(49)69(53,54)67(50)65)70(55-23-9-3-10-24-55)57-37-33-47(34-38-57)61-42-46-31-32-48(61)41-46/h1-30,33-34,37-40,45-46,48,53-54,61H,31-32,35-36,41-44H2. The monoisotopic (exact) mass is 914 g/mol. The van der Waals surface area contributed by atoms with Crippen LogP contribution in [0.3, 0.4) is 0 Å². The third kappa shape index (κ3) is 5.94. The van der Waals surface area contributed by atoms with E-state index in [9.17, 15) is 0 Å². The van der Waals surface area contributed by atoms with Crippen LogP contribution in [0.15, 0.2) is 224 Å². The van der Waals surface area contributed by atoms with Crippen LogP contribution in [-0.4, -0.2) is 0 Å². The first-order valence-corrected chi connectivity index (χ1v) is 26.6. The number of hydrogen-bond acceptors (Lipinski definition) is 2. The Balaban J connectivity index is 0.939. The summed E-state index contributed by atoms with van der Waals surface area (Å²) in [6, 6.07) is 86.0. The molecule has 0 aliphatic heterocycles. The van der Waals surface area contributed by atoms with Crippen molar-refractivity contribution in [3.8, 4) is 11.1 Å². The van der Waals surface area contributed by atoms with Gasteiger partial charge < -0.3 is 9.80 Å². The smallest absolute Gasteiger partial charge is 0.0714 e. The van der Waals surface area contributed by atoms with Gasteiger partial charge in [-0.15, -0.1) is 0 Å². The molecule has 0 heterocycles. The Morgan fingerprint density at radius 3 is 1.45 bits per heavy atom. The van der Waals surface area contributed by atoms with Gasteiger partial charge in [0.2, 0.25) is 0 Å². The predicted octanol–water partition coefficient (Wildman–Crippen LogP) is 17.3. The van der Waals surface area contributed by atoms with Crippen LogP contribution in [0.2, 0.25) is 0 Å². The van der Waals surface area contributed by atoms with Gasteiger partial charge in [0, 0.05) is 28.2 Å². The van der Waals surface area contributed by atoms with Crippen LogP contribution >= 0.6 is 0 Å². The summed E-state index contributed by atoms with van der Waals surface area (Å²) in [4.78, 5) is 5.26. The summed E-state index contributed by atoms with van der Waals surface area (Å²) in [7, 11) is 0. The molecule has 6 atom stereocenters. The summed E-state index contributed by atoms with van der Waals surface area (Å²) in [5.74, 6) is 3.53. The van der Waals surface area contributed by atoms with Crippen molar-refractivity contribution in [1.29, 1.82) is 0 Å². The zero-order valence-corrected chi connectivity index (χ0v) is 40.3. The maximum absolute atomic E-state index is 2.64. The van der Waals surface area contributed by atoms with Crippen LogP contribution in [0.4, 0.5) is 34.1 Å². The van der Waals surface area contributed by atoms with E-state index in [1.807, 2.05) is 0 Å². The largest absolute Gasteiger partial charge is 0.310 e. The molecule has 0 saturated heterocycles. The molecule has 9 aromatic carbocycles. The first-order valence-electron chi connectivity index (χ1n) is 26.6. The fourth-order valence-corrected chi connectivity index (χ4v) is 16.1. The number of hydrogen-bond donors (Lipinski definition) is 0. The molecule has 2 nitrogen and oxygen atoms in total. The normalized spacial score (nSPS) is 23.4. The van der Waals surface area contributed by atoms with Gasteiger partial charge in [-0.1, -0.05) is 170 Å². The molecule has 2 bridgehead atoms. The lowest BCUT2D eigenvalue weighted by atomic mass is 9.67. The van der Waals surface area contributed by atoms with E-state index in [1.165, 1.54) is 123 Å². The lowest BCUT2D eigenvalue weighted by Gasteiger charge is -2.40. The third-order valence-electron chi connectivity index (χ3n) is 18.7. The van der Waals surface area contributed by atoms with E-state index in [2.05, 4.69) is 234 Å². The second kappa shape index (κ2) is 16.1. The van der Waals surface area contributed by atoms with E-state index in [-0.39, 0.29) is 5.41 Å². The number of rotatable bonds is 9. The van der Waals surface area contributed by atoms with Crippen molar-refractivity contribution in [2.75, 3.05) is 9.80 Å². The Kier molecular flexibility index (Phi) is 9.35. The first kappa shape index (κ1) is 41.4. The van der Waals surface area contributed by atoms with E-state index >= 15 is 0 Å².